The summed E-state index contributed by atoms with van der Waals surface area (Å²) in [6.07, 6.45) is 0.758. The maximum atomic E-state index is 13.1. The molecule has 11 heteroatoms. The van der Waals surface area contributed by atoms with Crippen molar-refractivity contribution >= 4 is 57.2 Å². The first-order chi connectivity index (χ1) is 18.2. The first-order valence-electron chi connectivity index (χ1n) is 11.4. The number of ether oxygens (including phenoxy) is 3. The smallest absolute Gasteiger partial charge is 0.262 e. The van der Waals surface area contributed by atoms with E-state index in [1.54, 1.807) is 31.2 Å². The van der Waals surface area contributed by atoms with Crippen molar-refractivity contribution in [1.29, 1.82) is 0 Å². The van der Waals surface area contributed by atoms with Gasteiger partial charge in [-0.1, -0.05) is 53.5 Å². The third-order valence-corrected chi connectivity index (χ3v) is 6.58. The lowest BCUT2D eigenvalue weighted by Crippen LogP contribution is -2.50. The lowest BCUT2D eigenvalue weighted by molar-refractivity contribution is -0.132. The molecular formula is C27H26BrCl2N3O5. The summed E-state index contributed by atoms with van der Waals surface area (Å²) in [4.78, 5) is 26.0. The highest BCUT2D eigenvalue weighted by molar-refractivity contribution is 9.10. The summed E-state index contributed by atoms with van der Waals surface area (Å²) in [6.45, 7) is 1.56. The van der Waals surface area contributed by atoms with Crippen LogP contribution in [0.2, 0.25) is 10.0 Å². The number of nitrogens with zero attached hydrogens (tertiary/aromatic N) is 1. The van der Waals surface area contributed by atoms with Gasteiger partial charge in [-0.2, -0.15) is 5.10 Å². The van der Waals surface area contributed by atoms with Crippen LogP contribution in [-0.4, -0.2) is 44.4 Å². The summed E-state index contributed by atoms with van der Waals surface area (Å²) in [5.41, 5.74) is 4.00. The van der Waals surface area contributed by atoms with E-state index >= 15 is 0 Å². The molecule has 8 nitrogen and oxygen atoms in total. The van der Waals surface area contributed by atoms with Gasteiger partial charge in [-0.05, 0) is 58.7 Å². The van der Waals surface area contributed by atoms with E-state index in [0.29, 0.717) is 32.3 Å². The predicted molar refractivity (Wildman–Crippen MR) is 152 cm³/mol. The Hall–Kier alpha value is -3.27. The van der Waals surface area contributed by atoms with Crippen molar-refractivity contribution in [3.05, 3.63) is 86.3 Å². The van der Waals surface area contributed by atoms with Crippen molar-refractivity contribution in [2.24, 2.45) is 5.10 Å². The van der Waals surface area contributed by atoms with Gasteiger partial charge in [0.2, 0.25) is 0 Å². The molecule has 38 heavy (non-hydrogen) atoms. The zero-order valence-electron chi connectivity index (χ0n) is 20.8. The molecule has 0 aliphatic carbocycles. The molecule has 0 aliphatic heterocycles. The molecule has 0 bridgehead atoms. The molecule has 0 aliphatic rings. The van der Waals surface area contributed by atoms with Crippen LogP contribution in [0.25, 0.3) is 0 Å². The highest BCUT2D eigenvalue weighted by atomic mass is 79.9. The van der Waals surface area contributed by atoms with Crippen LogP contribution in [0.3, 0.4) is 0 Å². The Morgan fingerprint density at radius 3 is 2.32 bits per heavy atom. The molecule has 0 saturated carbocycles. The van der Waals surface area contributed by atoms with Crippen LogP contribution in [0.5, 0.6) is 17.2 Å². The second-order valence-electron chi connectivity index (χ2n) is 8.05. The van der Waals surface area contributed by atoms with E-state index < -0.39 is 24.0 Å². The van der Waals surface area contributed by atoms with Gasteiger partial charge in [0, 0.05) is 21.5 Å². The topological polar surface area (TPSA) is 98.2 Å². The zero-order valence-corrected chi connectivity index (χ0v) is 23.9. The van der Waals surface area contributed by atoms with Crippen LogP contribution in [0.1, 0.15) is 18.1 Å². The number of carbonyl (C=O) groups excluding carboxylic acids is 2. The van der Waals surface area contributed by atoms with Crippen molar-refractivity contribution in [1.82, 2.24) is 10.7 Å². The quantitative estimate of drug-likeness (QED) is 0.220. The highest BCUT2D eigenvalue weighted by Crippen LogP contribution is 2.32. The Labute approximate surface area is 239 Å². The number of rotatable bonds is 11. The molecule has 0 radical (unpaired) electrons. The summed E-state index contributed by atoms with van der Waals surface area (Å²) in [7, 11) is 3.06. The number of nitrogens with one attached hydrogen (secondary N) is 2. The maximum Gasteiger partial charge on any atom is 0.262 e. The average molecular weight is 623 g/mol. The first-order valence-corrected chi connectivity index (χ1v) is 13.0. The fraction of sp³-hybridized carbons (Fsp3) is 0.222. The molecule has 2 atom stereocenters. The van der Waals surface area contributed by atoms with Gasteiger partial charge in [-0.15, -0.1) is 0 Å². The van der Waals surface area contributed by atoms with Gasteiger partial charge in [0.05, 0.1) is 25.5 Å². The van der Waals surface area contributed by atoms with E-state index in [0.717, 1.165) is 5.56 Å². The lowest BCUT2D eigenvalue weighted by atomic mass is 10.1. The molecule has 2 amide bonds. The van der Waals surface area contributed by atoms with Crippen molar-refractivity contribution in [2.45, 2.75) is 25.5 Å². The summed E-state index contributed by atoms with van der Waals surface area (Å²) in [5.74, 6) is 0.341. The fourth-order valence-electron chi connectivity index (χ4n) is 3.38. The van der Waals surface area contributed by atoms with Crippen molar-refractivity contribution in [3.8, 4) is 17.2 Å². The van der Waals surface area contributed by atoms with Crippen molar-refractivity contribution < 1.29 is 23.8 Å². The van der Waals surface area contributed by atoms with Crippen molar-refractivity contribution in [2.75, 3.05) is 14.2 Å². The molecule has 0 heterocycles. The number of methoxy groups -OCH3 is 2. The Bertz CT molecular complexity index is 1310. The first kappa shape index (κ1) is 29.3. The third-order valence-electron chi connectivity index (χ3n) is 5.36. The molecule has 0 aromatic heterocycles. The van der Waals surface area contributed by atoms with E-state index in [1.165, 1.54) is 26.5 Å². The average Bonchev–Trinajstić information content (AvgIpc) is 2.90. The second kappa shape index (κ2) is 14.0. The monoisotopic (exact) mass is 621 g/mol. The van der Waals surface area contributed by atoms with Gasteiger partial charge in [0.15, 0.2) is 17.6 Å². The molecule has 200 valence electrons. The standard InChI is InChI=1S/C27H26BrCl2N3O5/c1-16(38-23-10-9-19(29)13-21(23)30)26(34)32-22(11-17-7-5-4-6-8-17)27(35)33-31-15-18-12-24(36-2)25(37-3)14-20(18)28/h4-10,12-16,22H,11H2,1-3H3,(H,32,34)(H,33,35)/b31-15-/t16-,22+/m1/s1. The minimum atomic E-state index is -0.939. The lowest BCUT2D eigenvalue weighted by Gasteiger charge is -2.21. The fourth-order valence-corrected chi connectivity index (χ4v) is 4.25. The van der Waals surface area contributed by atoms with Gasteiger partial charge < -0.3 is 19.5 Å². The summed E-state index contributed by atoms with van der Waals surface area (Å²) in [6, 6.07) is 16.5. The van der Waals surface area contributed by atoms with Crippen LogP contribution >= 0.6 is 39.1 Å². The van der Waals surface area contributed by atoms with Gasteiger partial charge >= 0.3 is 0 Å². The molecule has 3 aromatic rings. The van der Waals surface area contributed by atoms with Crippen molar-refractivity contribution in [3.63, 3.8) is 0 Å². The van der Waals surface area contributed by atoms with Crippen LogP contribution < -0.4 is 25.0 Å². The van der Waals surface area contributed by atoms with Gasteiger partial charge in [-0.3, -0.25) is 9.59 Å². The van der Waals surface area contributed by atoms with Gasteiger partial charge in [-0.25, -0.2) is 5.43 Å². The second-order valence-corrected chi connectivity index (χ2v) is 9.75. The largest absolute Gasteiger partial charge is 0.493 e. The molecule has 0 unspecified atom stereocenters. The summed E-state index contributed by atoms with van der Waals surface area (Å²) in [5, 5.41) is 7.53. The van der Waals surface area contributed by atoms with Crippen LogP contribution in [0.15, 0.2) is 70.2 Å². The van der Waals surface area contributed by atoms with Crippen LogP contribution in [0.4, 0.5) is 0 Å². The molecule has 0 saturated heterocycles. The van der Waals surface area contributed by atoms with Crippen LogP contribution in [-0.2, 0) is 16.0 Å². The van der Waals surface area contributed by atoms with Gasteiger partial charge in [0.1, 0.15) is 11.8 Å². The Balaban J connectivity index is 1.73. The van der Waals surface area contributed by atoms with E-state index in [1.807, 2.05) is 30.3 Å². The number of hydrogen-bond acceptors (Lipinski definition) is 6. The summed E-state index contributed by atoms with van der Waals surface area (Å²) >= 11 is 15.5. The number of carbonyl (C=O) groups is 2. The zero-order chi connectivity index (χ0) is 27.7. The predicted octanol–water partition coefficient (Wildman–Crippen LogP) is 5.42. The Morgan fingerprint density at radius 2 is 1.66 bits per heavy atom. The number of hydrogen-bond donors (Lipinski definition) is 2. The molecule has 3 rings (SSSR count). The minimum Gasteiger partial charge on any atom is -0.493 e. The molecule has 2 N–H and O–H groups in total. The highest BCUT2D eigenvalue weighted by Gasteiger charge is 2.25. The molecule has 0 spiro atoms. The number of halogens is 3. The summed E-state index contributed by atoms with van der Waals surface area (Å²) < 4.78 is 17.0. The molecule has 3 aromatic carbocycles. The third kappa shape index (κ3) is 8.11. The minimum absolute atomic E-state index is 0.238. The van der Waals surface area contributed by atoms with E-state index in [4.69, 9.17) is 37.4 Å². The van der Waals surface area contributed by atoms with E-state index in [-0.39, 0.29) is 11.4 Å². The Morgan fingerprint density at radius 1 is 0.974 bits per heavy atom. The van der Waals surface area contributed by atoms with E-state index in [2.05, 4.69) is 31.8 Å². The Kier molecular flexibility index (Phi) is 10.8. The molecule has 0 fully saturated rings. The SMILES string of the molecule is COc1cc(Br)c(/C=N\NC(=O)[C@H](Cc2ccccc2)NC(=O)[C@@H](C)Oc2ccc(Cl)cc2Cl)cc1OC. The van der Waals surface area contributed by atoms with Gasteiger partial charge in [0.25, 0.3) is 11.8 Å². The maximum absolute atomic E-state index is 13.1. The normalized spacial score (nSPS) is 12.5. The number of hydrazone groups is 1. The molecular weight excluding hydrogens is 597 g/mol. The number of amides is 2. The van der Waals surface area contributed by atoms with Crippen LogP contribution in [0, 0.1) is 0 Å². The number of benzene rings is 3. The van der Waals surface area contributed by atoms with E-state index in [9.17, 15) is 9.59 Å².